The van der Waals surface area contributed by atoms with Crippen molar-refractivity contribution in [1.29, 1.82) is 0 Å². The number of aromatic hydroxyl groups is 1. The second-order valence-corrected chi connectivity index (χ2v) is 35.2. The lowest BCUT2D eigenvalue weighted by Crippen LogP contribution is -2.22. The van der Waals surface area contributed by atoms with Crippen molar-refractivity contribution < 1.29 is 5.11 Å². The summed E-state index contributed by atoms with van der Waals surface area (Å²) in [6.07, 6.45) is 16.8. The predicted molar refractivity (Wildman–Crippen MR) is 559 cm³/mol. The van der Waals surface area contributed by atoms with Crippen molar-refractivity contribution in [3.05, 3.63) is 337 Å². The van der Waals surface area contributed by atoms with Gasteiger partial charge in [-0.25, -0.2) is 24.9 Å². The van der Waals surface area contributed by atoms with Crippen molar-refractivity contribution in [2.45, 2.75) is 81.4 Å². The molecule has 0 spiro atoms. The largest absolute Gasteiger partial charge is 0.506 e. The molecular formula is C112H95N27O. The number of pyridine rings is 5. The van der Waals surface area contributed by atoms with Crippen LogP contribution >= 0.6 is 0 Å². The maximum Gasteiger partial charge on any atom is 0.159 e. The third-order valence-corrected chi connectivity index (χ3v) is 26.0. The minimum atomic E-state index is 0.187. The number of hydrogen-bond acceptors (Lipinski definition) is 18. The highest BCUT2D eigenvalue weighted by atomic mass is 16.3. The summed E-state index contributed by atoms with van der Waals surface area (Å²) in [6.45, 7) is 21.5. The highest BCUT2D eigenvalue weighted by Crippen LogP contribution is 2.41. The molecule has 0 aliphatic heterocycles. The Morgan fingerprint density at radius 3 is 0.907 bits per heavy atom. The van der Waals surface area contributed by atoms with Gasteiger partial charge in [0.15, 0.2) is 29.1 Å². The Labute approximate surface area is 801 Å². The maximum atomic E-state index is 9.95. The molecule has 0 aliphatic carbocycles. The number of aromatic amines is 10. The predicted octanol–water partition coefficient (Wildman–Crippen LogP) is 24.2. The summed E-state index contributed by atoms with van der Waals surface area (Å²) >= 11 is 0. The van der Waals surface area contributed by atoms with Crippen molar-refractivity contribution in [3.63, 3.8) is 0 Å². The number of nitrogens with zero attached hydrogens (tertiary/aromatic N) is 15. The smallest absolute Gasteiger partial charge is 0.159 e. The van der Waals surface area contributed by atoms with Gasteiger partial charge in [0.1, 0.15) is 34.2 Å². The Hall–Kier alpha value is -18.2. The van der Waals surface area contributed by atoms with Crippen molar-refractivity contribution in [3.8, 4) is 119 Å². The number of rotatable bonds is 16. The normalized spacial score (nSPS) is 11.6. The van der Waals surface area contributed by atoms with Crippen molar-refractivity contribution in [1.82, 2.24) is 136 Å². The van der Waals surface area contributed by atoms with Crippen LogP contribution in [0.25, 0.3) is 234 Å². The number of fused-ring (bicyclic) bond motifs is 11. The summed E-state index contributed by atoms with van der Waals surface area (Å²) in [7, 11) is 0. The fourth-order valence-corrected chi connectivity index (χ4v) is 18.1. The first-order valence-corrected chi connectivity index (χ1v) is 46.4. The van der Waals surface area contributed by atoms with Crippen LogP contribution in [0.4, 0.5) is 0 Å². The minimum Gasteiger partial charge on any atom is -0.506 e. The average Bonchev–Trinajstić information content (AvgIpc) is 1.79. The number of hydrogen-bond donors (Lipinski definition) is 13. The highest BCUT2D eigenvalue weighted by Gasteiger charge is 2.23. The minimum absolute atomic E-state index is 0.187. The van der Waals surface area contributed by atoms with Crippen molar-refractivity contribution >= 4 is 121 Å². The lowest BCUT2D eigenvalue weighted by atomic mass is 9.97. The Kier molecular flexibility index (Phi) is 23.2. The second kappa shape index (κ2) is 37.3. The van der Waals surface area contributed by atoms with Crippen molar-refractivity contribution in [2.75, 3.05) is 6.54 Å². The van der Waals surface area contributed by atoms with Crippen LogP contribution in [0.1, 0.15) is 65.3 Å². The summed E-state index contributed by atoms with van der Waals surface area (Å²) in [6, 6.07) is 80.0. The molecule has 0 amide bonds. The van der Waals surface area contributed by atoms with Crippen LogP contribution in [0.3, 0.4) is 0 Å². The first kappa shape index (κ1) is 87.2. The van der Waals surface area contributed by atoms with Gasteiger partial charge in [0.2, 0.25) is 0 Å². The summed E-state index contributed by atoms with van der Waals surface area (Å²) in [4.78, 5) is 62.4. The van der Waals surface area contributed by atoms with E-state index in [2.05, 4.69) is 262 Å². The number of para-hydroxylation sites is 11. The van der Waals surface area contributed by atoms with E-state index in [1.165, 1.54) is 50.5 Å². The molecule has 0 radical (unpaired) electrons. The van der Waals surface area contributed by atoms with E-state index in [-0.39, 0.29) is 5.75 Å². The van der Waals surface area contributed by atoms with Gasteiger partial charge in [-0.15, -0.1) is 0 Å². The molecule has 11 aromatic carbocycles. The molecular weight excluding hydrogens is 1740 g/mol. The number of H-pyrrole nitrogens is 10. The van der Waals surface area contributed by atoms with Gasteiger partial charge in [-0.2, -0.15) is 25.5 Å². The molecule has 0 saturated heterocycles. The molecule has 0 atom stereocenters. The molecule has 0 bridgehead atoms. The Morgan fingerprint density at radius 1 is 0.279 bits per heavy atom. The van der Waals surface area contributed by atoms with Gasteiger partial charge >= 0.3 is 0 Å². The van der Waals surface area contributed by atoms with E-state index in [9.17, 15) is 5.11 Å². The second-order valence-electron chi connectivity index (χ2n) is 35.2. The first-order valence-electron chi connectivity index (χ1n) is 46.4. The molecule has 13 N–H and O–H groups in total. The lowest BCUT2D eigenvalue weighted by molar-refractivity contribution is 0.469. The molecule has 140 heavy (non-hydrogen) atoms. The van der Waals surface area contributed by atoms with Crippen LogP contribution in [-0.4, -0.2) is 143 Å². The van der Waals surface area contributed by atoms with Gasteiger partial charge < -0.3 is 40.7 Å². The van der Waals surface area contributed by atoms with E-state index in [0.29, 0.717) is 6.04 Å². The van der Waals surface area contributed by atoms with Crippen LogP contribution in [0.2, 0.25) is 0 Å². The highest BCUT2D eigenvalue weighted by molar-refractivity contribution is 6.02. The zero-order valence-corrected chi connectivity index (χ0v) is 78.1. The molecule has 28 nitrogen and oxygen atoms in total. The molecule has 684 valence electrons. The zero-order valence-electron chi connectivity index (χ0n) is 78.1. The van der Waals surface area contributed by atoms with E-state index in [4.69, 9.17) is 15.0 Å². The van der Waals surface area contributed by atoms with Gasteiger partial charge in [0.05, 0.1) is 94.5 Å². The van der Waals surface area contributed by atoms with Gasteiger partial charge in [0.25, 0.3) is 0 Å². The van der Waals surface area contributed by atoms with Crippen LogP contribution < -0.4 is 10.6 Å². The molecule has 0 fully saturated rings. The van der Waals surface area contributed by atoms with E-state index < -0.39 is 0 Å². The lowest BCUT2D eigenvalue weighted by Gasteiger charge is -2.13. The fraction of sp³-hybridized carbons (Fsp3) is 0.116. The molecule has 15 aromatic heterocycles. The number of imidazole rings is 5. The van der Waals surface area contributed by atoms with Gasteiger partial charge in [-0.05, 0) is 242 Å². The topological polar surface area (TPSA) is 396 Å². The number of aryl methyl sites for hydroxylation is 2. The molecule has 0 saturated carbocycles. The van der Waals surface area contributed by atoms with Gasteiger partial charge in [-0.1, -0.05) is 130 Å². The van der Waals surface area contributed by atoms with E-state index >= 15 is 0 Å². The van der Waals surface area contributed by atoms with Gasteiger partial charge in [0, 0.05) is 134 Å². The average molecular weight is 1840 g/mol. The van der Waals surface area contributed by atoms with Crippen LogP contribution in [0, 0.1) is 41.5 Å². The Morgan fingerprint density at radius 2 is 0.571 bits per heavy atom. The summed E-state index contributed by atoms with van der Waals surface area (Å²) in [5, 5.41) is 61.2. The molecule has 15 heterocycles. The summed E-state index contributed by atoms with van der Waals surface area (Å²) in [5.41, 5.74) is 39.9. The van der Waals surface area contributed by atoms with E-state index in [1.54, 1.807) is 6.20 Å². The Bertz CT molecular complexity index is 8780. The van der Waals surface area contributed by atoms with Crippen LogP contribution in [-0.2, 0) is 13.1 Å². The van der Waals surface area contributed by atoms with E-state index in [1.807, 2.05) is 202 Å². The number of nitrogens with one attached hydrogen (secondary N) is 12. The molecule has 26 rings (SSSR count). The van der Waals surface area contributed by atoms with E-state index in [0.717, 1.165) is 254 Å². The molecule has 0 unspecified atom stereocenters. The molecule has 0 aliphatic rings. The fourth-order valence-electron chi connectivity index (χ4n) is 18.1. The third-order valence-electron chi connectivity index (χ3n) is 26.0. The van der Waals surface area contributed by atoms with Crippen molar-refractivity contribution in [2.24, 2.45) is 0 Å². The number of benzene rings is 11. The Balaban J connectivity index is 0.000000101. The number of aromatic nitrogens is 25. The third kappa shape index (κ3) is 17.0. The summed E-state index contributed by atoms with van der Waals surface area (Å²) < 4.78 is 0. The monoisotopic (exact) mass is 1830 g/mol. The van der Waals surface area contributed by atoms with Crippen LogP contribution in [0.5, 0.6) is 5.75 Å². The first-order chi connectivity index (χ1) is 68.5. The maximum absolute atomic E-state index is 9.95. The van der Waals surface area contributed by atoms with Gasteiger partial charge in [-0.3, -0.25) is 50.4 Å². The molecule has 28 heteroatoms. The SMILES string of the molecule is CCNCc1cncc(-c2ccc3[nH]nc(-c4nc5ccccc5[nH]4)c3c2)c1C.Cc1c(-c2ccc3[nH]nc(-c4nc5ccccc5[nH]4)c3c2)cnc2ccccc12.Cc1c(CNC(C)C)cncc1-c1ccc2[nH]nc(-c3nc4ccccc4[nH]3)c2c1.Cc1c(O)cncc1-c1ccc2[nH]nc(-c3nc4ccccc4[nH]3)c2c1.Cc1cncc(-c2ccc3[nH]nc(-c4nc5ccccc5[nH]4)c3c2)c1C. The zero-order chi connectivity index (χ0) is 95.2. The molecule has 26 aromatic rings. The summed E-state index contributed by atoms with van der Waals surface area (Å²) in [5.74, 6) is 3.99. The quantitative estimate of drug-likeness (QED) is 0.0427. The standard InChI is InChI=1S/C24H24N6.C24H17N5.C23H22N6.C21H17N5.C20H15N5O/c1-14(2)26-12-17-11-25-13-19(15(17)3)16-8-9-20-18(10-16)23(30-29-20)24-27-21-6-4-5-7-22(21)28-24;1-14-16-6-2-3-7-19(16)25-13-18(14)15-10-11-20-17(12-15)23(29-28-20)24-26-21-8-4-5-9-22(21)27-24;1-3-24-11-16-12-25-13-18(14(16)2)15-8-9-19-17(10-15)22(29-28-19)23-26-20-6-4-5-7-21(20)27-23;1-12-10-22-11-16(13(12)2)14-7-8-17-15(9-14)20(26-25-17)21-23-18-5-3-4-6-19(18)24-21;1-11-14(9-21-10-18(11)26)12-6-7-15-13(8-12)19(25-24-15)20-22-16-4-2-3-5-17(16)23-20/h4-11,13-14,26H,12H2,1-3H3,(H,27,28)(H,29,30);2-13H,1H3,(H,26,27)(H,28,29);4-10,12-13,24H,3,11H2,1-2H3,(H,26,27)(H,28,29);3-11H,1-2H3,(H,23,24)(H,25,26);2-10,26H,1H3,(H,22,23)(H,24,25). The van der Waals surface area contributed by atoms with Crippen LogP contribution in [0.15, 0.2) is 292 Å².